The molecule has 0 unspecified atom stereocenters. The fourth-order valence-corrected chi connectivity index (χ4v) is 1.39. The second-order valence-corrected chi connectivity index (χ2v) is 3.79. The molecule has 0 spiro atoms. The quantitative estimate of drug-likeness (QED) is 0.483. The van der Waals surface area contributed by atoms with Gasteiger partial charge in [-0.15, -0.1) is 0 Å². The molecule has 0 aliphatic carbocycles. The average Bonchev–Trinajstić information content (AvgIpc) is 2.30. The Morgan fingerprint density at radius 2 is 2.00 bits per heavy atom. The van der Waals surface area contributed by atoms with Gasteiger partial charge in [-0.2, -0.15) is 5.10 Å². The Hall–Kier alpha value is -1.59. The highest BCUT2D eigenvalue weighted by Crippen LogP contribution is 2.19. The van der Waals surface area contributed by atoms with Crippen molar-refractivity contribution in [1.82, 2.24) is 10.7 Å². The number of rotatable bonds is 2. The summed E-state index contributed by atoms with van der Waals surface area (Å²) >= 11 is 11.6. The fraction of sp³-hybridized carbons (Fsp3) is 0.100. The van der Waals surface area contributed by atoms with Gasteiger partial charge >= 0.3 is 11.8 Å². The summed E-state index contributed by atoms with van der Waals surface area (Å²) < 4.78 is 0. The Morgan fingerprint density at radius 3 is 2.59 bits per heavy atom. The van der Waals surface area contributed by atoms with Crippen molar-refractivity contribution in [1.29, 1.82) is 0 Å². The highest BCUT2D eigenvalue weighted by atomic mass is 35.5. The number of hydrogen-bond acceptors (Lipinski definition) is 3. The van der Waals surface area contributed by atoms with E-state index < -0.39 is 11.8 Å². The number of hydrazone groups is 1. The smallest absolute Gasteiger partial charge is 0.329 e. The molecule has 0 saturated heterocycles. The fourth-order valence-electron chi connectivity index (χ4n) is 0.931. The number of carbonyl (C=O) groups is 2. The third-order valence-electron chi connectivity index (χ3n) is 1.77. The lowest BCUT2D eigenvalue weighted by atomic mass is 10.2. The minimum atomic E-state index is -0.853. The lowest BCUT2D eigenvalue weighted by molar-refractivity contribution is -0.138. The highest BCUT2D eigenvalue weighted by Gasteiger charge is 2.08. The molecule has 90 valence electrons. The summed E-state index contributed by atoms with van der Waals surface area (Å²) in [5.74, 6) is -1.63. The molecule has 0 heterocycles. The van der Waals surface area contributed by atoms with Crippen molar-refractivity contribution in [3.05, 3.63) is 33.8 Å². The average molecular weight is 274 g/mol. The molecule has 1 aromatic carbocycles. The van der Waals surface area contributed by atoms with E-state index in [1.807, 2.05) is 0 Å². The first-order chi connectivity index (χ1) is 8.04. The first kappa shape index (κ1) is 13.5. The van der Waals surface area contributed by atoms with Crippen molar-refractivity contribution in [2.24, 2.45) is 5.10 Å². The van der Waals surface area contributed by atoms with E-state index >= 15 is 0 Å². The molecule has 1 aromatic rings. The maximum Gasteiger partial charge on any atom is 0.329 e. The number of halogens is 2. The molecular weight excluding hydrogens is 265 g/mol. The molecule has 0 aromatic heterocycles. The number of nitrogens with one attached hydrogen (secondary N) is 2. The molecule has 5 nitrogen and oxygen atoms in total. The Bertz CT molecular complexity index is 475. The molecule has 0 saturated carbocycles. The van der Waals surface area contributed by atoms with Gasteiger partial charge in [0.1, 0.15) is 0 Å². The Labute approximate surface area is 108 Å². The summed E-state index contributed by atoms with van der Waals surface area (Å²) in [6, 6.07) is 4.82. The largest absolute Gasteiger partial charge is 0.351 e. The Morgan fingerprint density at radius 1 is 1.29 bits per heavy atom. The topological polar surface area (TPSA) is 70.6 Å². The molecule has 0 atom stereocenters. The Kier molecular flexibility index (Phi) is 4.93. The molecular formula is C10H9Cl2N3O2. The van der Waals surface area contributed by atoms with Gasteiger partial charge in [0.25, 0.3) is 0 Å². The van der Waals surface area contributed by atoms with Crippen molar-refractivity contribution in [3.8, 4) is 0 Å². The van der Waals surface area contributed by atoms with Gasteiger partial charge in [0.05, 0.1) is 11.2 Å². The summed E-state index contributed by atoms with van der Waals surface area (Å²) in [5, 5.41) is 6.65. The van der Waals surface area contributed by atoms with Crippen LogP contribution in [0.3, 0.4) is 0 Å². The van der Waals surface area contributed by atoms with Gasteiger partial charge in [0.15, 0.2) is 0 Å². The van der Waals surface area contributed by atoms with Crippen LogP contribution < -0.4 is 10.7 Å². The third kappa shape index (κ3) is 4.05. The molecule has 0 aliphatic rings. The second kappa shape index (κ2) is 6.22. The molecule has 0 fully saturated rings. The molecule has 7 heteroatoms. The van der Waals surface area contributed by atoms with E-state index in [-0.39, 0.29) is 0 Å². The van der Waals surface area contributed by atoms with Crippen LogP contribution in [0.2, 0.25) is 10.0 Å². The predicted molar refractivity (Wildman–Crippen MR) is 66.3 cm³/mol. The van der Waals surface area contributed by atoms with Crippen LogP contribution in [0.15, 0.2) is 23.3 Å². The van der Waals surface area contributed by atoms with E-state index in [1.165, 1.54) is 13.3 Å². The SMILES string of the molecule is CNC(=O)C(=O)N/N=C/c1ccc(Cl)cc1Cl. The van der Waals surface area contributed by atoms with Gasteiger partial charge in [-0.1, -0.05) is 29.3 Å². The van der Waals surface area contributed by atoms with E-state index in [9.17, 15) is 9.59 Å². The van der Waals surface area contributed by atoms with Gasteiger partial charge in [-0.25, -0.2) is 5.43 Å². The van der Waals surface area contributed by atoms with Crippen molar-refractivity contribution in [3.63, 3.8) is 0 Å². The number of hydrogen-bond donors (Lipinski definition) is 2. The maximum absolute atomic E-state index is 11.0. The van der Waals surface area contributed by atoms with Crippen LogP contribution in [0.25, 0.3) is 0 Å². The van der Waals surface area contributed by atoms with E-state index in [1.54, 1.807) is 18.2 Å². The summed E-state index contributed by atoms with van der Waals surface area (Å²) in [4.78, 5) is 21.8. The number of benzene rings is 1. The van der Waals surface area contributed by atoms with Crippen LogP contribution in [0.5, 0.6) is 0 Å². The zero-order valence-corrected chi connectivity index (χ0v) is 10.3. The summed E-state index contributed by atoms with van der Waals surface area (Å²) in [5.41, 5.74) is 2.63. The molecule has 1 rings (SSSR count). The summed E-state index contributed by atoms with van der Waals surface area (Å²) in [6.45, 7) is 0. The predicted octanol–water partition coefficient (Wildman–Crippen LogP) is 1.19. The van der Waals surface area contributed by atoms with Gasteiger partial charge in [-0.05, 0) is 12.1 Å². The van der Waals surface area contributed by atoms with Crippen LogP contribution in [-0.2, 0) is 9.59 Å². The van der Waals surface area contributed by atoms with Gasteiger partial charge in [0, 0.05) is 17.6 Å². The minimum absolute atomic E-state index is 0.399. The molecule has 2 N–H and O–H groups in total. The van der Waals surface area contributed by atoms with E-state index in [4.69, 9.17) is 23.2 Å². The van der Waals surface area contributed by atoms with Crippen LogP contribution in [-0.4, -0.2) is 25.1 Å². The number of nitrogens with zero attached hydrogens (tertiary/aromatic N) is 1. The van der Waals surface area contributed by atoms with Crippen LogP contribution >= 0.6 is 23.2 Å². The zero-order valence-electron chi connectivity index (χ0n) is 8.83. The first-order valence-corrected chi connectivity index (χ1v) is 5.30. The minimum Gasteiger partial charge on any atom is -0.351 e. The standard InChI is InChI=1S/C10H9Cl2N3O2/c1-13-9(16)10(17)15-14-5-6-2-3-7(11)4-8(6)12/h2-5H,1H3,(H,13,16)(H,15,17)/b14-5+. The number of likely N-dealkylation sites (N-methyl/N-ethyl adjacent to an activating group) is 1. The molecule has 2 amide bonds. The van der Waals surface area contributed by atoms with Crippen LogP contribution in [0, 0.1) is 0 Å². The third-order valence-corrected chi connectivity index (χ3v) is 2.33. The van der Waals surface area contributed by atoms with E-state index in [0.717, 1.165) is 0 Å². The summed E-state index contributed by atoms with van der Waals surface area (Å²) in [6.07, 6.45) is 1.32. The van der Waals surface area contributed by atoms with E-state index in [2.05, 4.69) is 15.8 Å². The van der Waals surface area contributed by atoms with Crippen LogP contribution in [0.4, 0.5) is 0 Å². The number of amides is 2. The number of carbonyl (C=O) groups excluding carboxylic acids is 2. The second-order valence-electron chi connectivity index (χ2n) is 2.94. The van der Waals surface area contributed by atoms with Gasteiger partial charge in [-0.3, -0.25) is 9.59 Å². The van der Waals surface area contributed by atoms with E-state index in [0.29, 0.717) is 15.6 Å². The van der Waals surface area contributed by atoms with Crippen molar-refractivity contribution in [2.45, 2.75) is 0 Å². The molecule has 0 radical (unpaired) electrons. The molecule has 0 bridgehead atoms. The van der Waals surface area contributed by atoms with Gasteiger partial charge in [0.2, 0.25) is 0 Å². The molecule has 0 aliphatic heterocycles. The van der Waals surface area contributed by atoms with Crippen LogP contribution in [0.1, 0.15) is 5.56 Å². The van der Waals surface area contributed by atoms with Crippen molar-refractivity contribution < 1.29 is 9.59 Å². The highest BCUT2D eigenvalue weighted by molar-refractivity contribution is 6.36. The first-order valence-electron chi connectivity index (χ1n) is 4.54. The Balaban J connectivity index is 2.65. The van der Waals surface area contributed by atoms with Crippen molar-refractivity contribution in [2.75, 3.05) is 7.05 Å². The maximum atomic E-state index is 11.0. The zero-order chi connectivity index (χ0) is 12.8. The lowest BCUT2D eigenvalue weighted by Crippen LogP contribution is -2.35. The normalized spacial score (nSPS) is 10.3. The summed E-state index contributed by atoms with van der Waals surface area (Å²) in [7, 11) is 1.35. The van der Waals surface area contributed by atoms with Crippen molar-refractivity contribution >= 4 is 41.2 Å². The monoisotopic (exact) mass is 273 g/mol. The van der Waals surface area contributed by atoms with Gasteiger partial charge < -0.3 is 5.32 Å². The lowest BCUT2D eigenvalue weighted by Gasteiger charge is -1.99. The molecule has 17 heavy (non-hydrogen) atoms.